The Morgan fingerprint density at radius 1 is 1.20 bits per heavy atom. The highest BCUT2D eigenvalue weighted by Crippen LogP contribution is 2.27. The van der Waals surface area contributed by atoms with Crippen LogP contribution >= 0.6 is 11.8 Å². The molecule has 1 unspecified atom stereocenters. The number of nitrogens with one attached hydrogen (secondary N) is 1. The van der Waals surface area contributed by atoms with E-state index in [1.807, 2.05) is 25.2 Å². The summed E-state index contributed by atoms with van der Waals surface area (Å²) >= 11 is 1.71. The molecule has 0 radical (unpaired) electrons. The molecule has 0 heterocycles. The Balaban J connectivity index is 2.08. The quantitative estimate of drug-likeness (QED) is 0.816. The molecule has 0 spiro atoms. The van der Waals surface area contributed by atoms with Crippen molar-refractivity contribution in [2.24, 2.45) is 0 Å². The molecule has 0 aliphatic heterocycles. The number of hydrogen-bond acceptors (Lipinski definition) is 3. The van der Waals surface area contributed by atoms with Gasteiger partial charge in [0.25, 0.3) is 0 Å². The molecule has 1 atom stereocenters. The topological polar surface area (TPSA) is 21.3 Å². The molecule has 106 valence electrons. The number of ether oxygens (including phenoxy) is 1. The molecule has 0 aliphatic carbocycles. The lowest BCUT2D eigenvalue weighted by Gasteiger charge is -2.17. The molecule has 2 aromatic carbocycles. The Labute approximate surface area is 123 Å². The van der Waals surface area contributed by atoms with Crippen LogP contribution in [0.1, 0.15) is 11.6 Å². The van der Waals surface area contributed by atoms with Crippen molar-refractivity contribution in [3.05, 3.63) is 59.9 Å². The molecular formula is C16H18FNOS. The summed E-state index contributed by atoms with van der Waals surface area (Å²) in [5.41, 5.74) is 0.664. The predicted molar refractivity (Wildman–Crippen MR) is 81.9 cm³/mol. The minimum absolute atomic E-state index is 0.0360. The average molecular weight is 291 g/mol. The van der Waals surface area contributed by atoms with Crippen LogP contribution in [0.3, 0.4) is 0 Å². The van der Waals surface area contributed by atoms with Crippen LogP contribution in [0.15, 0.2) is 53.4 Å². The van der Waals surface area contributed by atoms with Gasteiger partial charge in [-0.1, -0.05) is 24.3 Å². The monoisotopic (exact) mass is 291 g/mol. The number of halogens is 1. The Morgan fingerprint density at radius 3 is 2.55 bits per heavy atom. The van der Waals surface area contributed by atoms with E-state index in [0.29, 0.717) is 11.3 Å². The van der Waals surface area contributed by atoms with Gasteiger partial charge >= 0.3 is 0 Å². The van der Waals surface area contributed by atoms with E-state index in [1.54, 1.807) is 23.9 Å². The first-order chi connectivity index (χ1) is 9.74. The van der Waals surface area contributed by atoms with Crippen LogP contribution in [0, 0.1) is 5.82 Å². The third-order valence-corrected chi connectivity index (χ3v) is 4.20. The summed E-state index contributed by atoms with van der Waals surface area (Å²) in [5, 5.41) is 3.17. The van der Waals surface area contributed by atoms with Gasteiger partial charge in [-0.05, 0) is 25.2 Å². The van der Waals surface area contributed by atoms with Crippen LogP contribution in [-0.2, 0) is 0 Å². The molecule has 0 amide bonds. The summed E-state index contributed by atoms with van der Waals surface area (Å²) in [6.07, 6.45) is 0. The molecular weight excluding hydrogens is 273 g/mol. The van der Waals surface area contributed by atoms with Gasteiger partial charge in [-0.2, -0.15) is 0 Å². The zero-order valence-corrected chi connectivity index (χ0v) is 12.4. The fourth-order valence-corrected chi connectivity index (χ4v) is 3.00. The zero-order valence-electron chi connectivity index (χ0n) is 11.6. The summed E-state index contributed by atoms with van der Waals surface area (Å²) < 4.78 is 19.1. The molecule has 0 saturated heterocycles. The van der Waals surface area contributed by atoms with Gasteiger partial charge in [0.1, 0.15) is 11.6 Å². The standard InChI is InChI=1S/C16H18FNOS/c1-18-16(11-20-13-6-4-3-5-7-13)14-9-8-12(19-2)10-15(14)17/h3-10,16,18H,11H2,1-2H3. The van der Waals surface area contributed by atoms with Gasteiger partial charge in [0.05, 0.1) is 7.11 Å². The summed E-state index contributed by atoms with van der Waals surface area (Å²) in [6.45, 7) is 0. The van der Waals surface area contributed by atoms with Crippen LogP contribution in [-0.4, -0.2) is 19.9 Å². The lowest BCUT2D eigenvalue weighted by molar-refractivity contribution is 0.410. The first-order valence-corrected chi connectivity index (χ1v) is 7.41. The minimum Gasteiger partial charge on any atom is -0.497 e. The number of hydrogen-bond donors (Lipinski definition) is 1. The Morgan fingerprint density at radius 2 is 1.95 bits per heavy atom. The molecule has 0 aliphatic rings. The predicted octanol–water partition coefficient (Wildman–Crippen LogP) is 3.89. The first kappa shape index (κ1) is 14.9. The van der Waals surface area contributed by atoms with E-state index >= 15 is 0 Å². The van der Waals surface area contributed by atoms with Crippen LogP contribution in [0.5, 0.6) is 5.75 Å². The maximum atomic E-state index is 14.1. The van der Waals surface area contributed by atoms with E-state index in [1.165, 1.54) is 18.1 Å². The second kappa shape index (κ2) is 7.31. The zero-order chi connectivity index (χ0) is 14.4. The third-order valence-electron chi connectivity index (χ3n) is 3.09. The van der Waals surface area contributed by atoms with Gasteiger partial charge in [-0.25, -0.2) is 4.39 Å². The average Bonchev–Trinajstić information content (AvgIpc) is 2.50. The molecule has 0 saturated carbocycles. The second-order valence-electron chi connectivity index (χ2n) is 4.35. The summed E-state index contributed by atoms with van der Waals surface area (Å²) in [5.74, 6) is 1.07. The van der Waals surface area contributed by atoms with E-state index < -0.39 is 0 Å². The van der Waals surface area contributed by atoms with Crippen molar-refractivity contribution in [2.45, 2.75) is 10.9 Å². The van der Waals surface area contributed by atoms with Crippen LogP contribution in [0.4, 0.5) is 4.39 Å². The molecule has 20 heavy (non-hydrogen) atoms. The number of methoxy groups -OCH3 is 1. The SMILES string of the molecule is CNC(CSc1ccccc1)c1ccc(OC)cc1F. The summed E-state index contributed by atoms with van der Waals surface area (Å²) in [4.78, 5) is 1.18. The van der Waals surface area contributed by atoms with Gasteiger partial charge in [0.15, 0.2) is 0 Å². The Hall–Kier alpha value is -1.52. The molecule has 2 aromatic rings. The number of thioether (sulfide) groups is 1. The first-order valence-electron chi connectivity index (χ1n) is 6.43. The fourth-order valence-electron chi connectivity index (χ4n) is 1.94. The van der Waals surface area contributed by atoms with E-state index in [9.17, 15) is 4.39 Å². The van der Waals surface area contributed by atoms with Crippen LogP contribution in [0.2, 0.25) is 0 Å². The molecule has 0 aromatic heterocycles. The van der Waals surface area contributed by atoms with E-state index in [2.05, 4.69) is 17.4 Å². The van der Waals surface area contributed by atoms with Crippen molar-refractivity contribution in [2.75, 3.05) is 19.9 Å². The van der Waals surface area contributed by atoms with Gasteiger partial charge in [0.2, 0.25) is 0 Å². The molecule has 2 nitrogen and oxygen atoms in total. The normalized spacial score (nSPS) is 12.2. The molecule has 0 fully saturated rings. The number of benzene rings is 2. The van der Waals surface area contributed by atoms with Gasteiger partial charge in [-0.15, -0.1) is 11.8 Å². The van der Waals surface area contributed by atoms with Crippen molar-refractivity contribution < 1.29 is 9.13 Å². The summed E-state index contributed by atoms with van der Waals surface area (Å²) in [6, 6.07) is 15.1. The highest BCUT2D eigenvalue weighted by Gasteiger charge is 2.15. The second-order valence-corrected chi connectivity index (χ2v) is 5.45. The molecule has 2 rings (SSSR count). The smallest absolute Gasteiger partial charge is 0.131 e. The largest absolute Gasteiger partial charge is 0.497 e. The highest BCUT2D eigenvalue weighted by atomic mass is 32.2. The van der Waals surface area contributed by atoms with E-state index in [4.69, 9.17) is 4.74 Å². The van der Waals surface area contributed by atoms with Gasteiger partial charge < -0.3 is 10.1 Å². The maximum absolute atomic E-state index is 14.1. The summed E-state index contributed by atoms with van der Waals surface area (Å²) in [7, 11) is 3.38. The minimum atomic E-state index is -0.239. The molecule has 0 bridgehead atoms. The van der Waals surface area contributed by atoms with Gasteiger partial charge in [0, 0.05) is 28.3 Å². The van der Waals surface area contributed by atoms with Crippen molar-refractivity contribution in [3.8, 4) is 5.75 Å². The van der Waals surface area contributed by atoms with Crippen molar-refractivity contribution in [1.29, 1.82) is 0 Å². The Bertz CT molecular complexity index is 547. The van der Waals surface area contributed by atoms with Crippen molar-refractivity contribution >= 4 is 11.8 Å². The van der Waals surface area contributed by atoms with Crippen LogP contribution < -0.4 is 10.1 Å². The molecule has 1 N–H and O–H groups in total. The van der Waals surface area contributed by atoms with Crippen molar-refractivity contribution in [1.82, 2.24) is 5.32 Å². The fraction of sp³-hybridized carbons (Fsp3) is 0.250. The van der Waals surface area contributed by atoms with Crippen molar-refractivity contribution in [3.63, 3.8) is 0 Å². The van der Waals surface area contributed by atoms with Gasteiger partial charge in [-0.3, -0.25) is 0 Å². The van der Waals surface area contributed by atoms with E-state index in [-0.39, 0.29) is 11.9 Å². The number of rotatable bonds is 6. The Kier molecular flexibility index (Phi) is 5.44. The third kappa shape index (κ3) is 3.74. The molecule has 4 heteroatoms. The van der Waals surface area contributed by atoms with Crippen LogP contribution in [0.25, 0.3) is 0 Å². The highest BCUT2D eigenvalue weighted by molar-refractivity contribution is 7.99. The van der Waals surface area contributed by atoms with E-state index in [0.717, 1.165) is 5.75 Å². The lowest BCUT2D eigenvalue weighted by Crippen LogP contribution is -2.20. The lowest BCUT2D eigenvalue weighted by atomic mass is 10.1. The maximum Gasteiger partial charge on any atom is 0.131 e.